The van der Waals surface area contributed by atoms with Gasteiger partial charge in [-0.15, -0.1) is 0 Å². The lowest BCUT2D eigenvalue weighted by atomic mass is 9.95. The zero-order valence-electron chi connectivity index (χ0n) is 26.9. The number of aliphatic hydroxyl groups is 2. The van der Waals surface area contributed by atoms with Crippen molar-refractivity contribution < 1.29 is 29.2 Å². The van der Waals surface area contributed by atoms with Gasteiger partial charge in [0.2, 0.25) is 0 Å². The Morgan fingerprint density at radius 2 is 1.04 bits per heavy atom. The fourth-order valence-electron chi connectivity index (χ4n) is 6.10. The highest BCUT2D eigenvalue weighted by molar-refractivity contribution is 5.79. The molecule has 0 amide bonds. The van der Waals surface area contributed by atoms with Crippen molar-refractivity contribution in [2.24, 2.45) is 5.92 Å². The van der Waals surface area contributed by atoms with Gasteiger partial charge in [-0.1, -0.05) is 85.0 Å². The Hall–Kier alpha value is -2.61. The van der Waals surface area contributed by atoms with Crippen LogP contribution in [0, 0.1) is 5.92 Å². The summed E-state index contributed by atoms with van der Waals surface area (Å²) in [5.41, 5.74) is 2.43. The molecule has 2 aromatic carbocycles. The fourth-order valence-corrected chi connectivity index (χ4v) is 6.10. The third-order valence-corrected chi connectivity index (χ3v) is 9.05. The van der Waals surface area contributed by atoms with Crippen LogP contribution < -0.4 is 0 Å². The van der Waals surface area contributed by atoms with E-state index in [4.69, 9.17) is 14.2 Å². The Morgan fingerprint density at radius 1 is 0.578 bits per heavy atom. The second-order valence-electron chi connectivity index (χ2n) is 12.8. The molecule has 0 spiro atoms. The summed E-state index contributed by atoms with van der Waals surface area (Å²) in [6.07, 6.45) is 21.3. The number of Topliss-reactive ketones (excluding diaryl/α,β-unsaturated/α-hetero) is 1. The standard InChI is InChI=1S/C13H20O2.C13H18O2.C13H16O2/c3*14-12-6-8-13(9-7-12)15-10-11-4-2-1-3-5-11/h1-4,11-14H,5-10H2;1-5,12-14H,6-10H2;1-5,13H,6-10H2. The predicted molar refractivity (Wildman–Crippen MR) is 179 cm³/mol. The van der Waals surface area contributed by atoms with E-state index in [2.05, 4.69) is 48.6 Å². The molecule has 6 nitrogen and oxygen atoms in total. The number of carbonyl (C=O) groups excluding carboxylic acids is 1. The molecule has 3 fully saturated rings. The molecule has 1 unspecified atom stereocenters. The number of ketones is 1. The normalized spacial score (nSPS) is 26.7. The van der Waals surface area contributed by atoms with Gasteiger partial charge in [0.15, 0.2) is 0 Å². The van der Waals surface area contributed by atoms with Gasteiger partial charge in [-0.3, -0.25) is 4.79 Å². The van der Waals surface area contributed by atoms with E-state index in [1.165, 1.54) is 11.1 Å². The number of rotatable bonds is 9. The first-order valence-electron chi connectivity index (χ1n) is 17.2. The lowest BCUT2D eigenvalue weighted by Gasteiger charge is -2.27. The number of benzene rings is 2. The SMILES string of the molecule is O=C1CCC(OCc2ccccc2)CC1.OC1CCC(OCC2C=CC=CC2)CC1.OC1CCC(OCc2ccccc2)CC1. The first kappa shape index (κ1) is 35.2. The first-order valence-corrected chi connectivity index (χ1v) is 17.2. The van der Waals surface area contributed by atoms with E-state index in [1.54, 1.807) is 0 Å². The molecule has 4 aliphatic carbocycles. The summed E-state index contributed by atoms with van der Waals surface area (Å²) in [7, 11) is 0. The van der Waals surface area contributed by atoms with Gasteiger partial charge < -0.3 is 24.4 Å². The van der Waals surface area contributed by atoms with E-state index in [0.29, 0.717) is 50.0 Å². The van der Waals surface area contributed by atoms with E-state index in [9.17, 15) is 15.0 Å². The van der Waals surface area contributed by atoms with Crippen molar-refractivity contribution in [3.63, 3.8) is 0 Å². The number of ether oxygens (including phenoxy) is 3. The molecule has 0 heterocycles. The fraction of sp³-hybridized carbons (Fsp3) is 0.564. The van der Waals surface area contributed by atoms with Crippen molar-refractivity contribution >= 4 is 5.78 Å². The molecule has 0 radical (unpaired) electrons. The number of hydrogen-bond acceptors (Lipinski definition) is 6. The number of allylic oxidation sites excluding steroid dienone is 3. The van der Waals surface area contributed by atoms with Crippen LogP contribution in [0.4, 0.5) is 0 Å². The van der Waals surface area contributed by atoms with Gasteiger partial charge in [0.05, 0.1) is 50.3 Å². The van der Waals surface area contributed by atoms with Gasteiger partial charge in [0.1, 0.15) is 5.78 Å². The number of aliphatic hydroxyl groups excluding tert-OH is 2. The maximum absolute atomic E-state index is 11.0. The summed E-state index contributed by atoms with van der Waals surface area (Å²) in [6.45, 7) is 2.20. The summed E-state index contributed by atoms with van der Waals surface area (Å²) in [5.74, 6) is 0.941. The molecule has 45 heavy (non-hydrogen) atoms. The van der Waals surface area contributed by atoms with Crippen LogP contribution in [0.25, 0.3) is 0 Å². The highest BCUT2D eigenvalue weighted by Crippen LogP contribution is 2.24. The largest absolute Gasteiger partial charge is 0.393 e. The van der Waals surface area contributed by atoms with E-state index in [0.717, 1.165) is 77.2 Å². The second kappa shape index (κ2) is 20.5. The highest BCUT2D eigenvalue weighted by atomic mass is 16.5. The van der Waals surface area contributed by atoms with Crippen LogP contribution in [-0.2, 0) is 32.2 Å². The van der Waals surface area contributed by atoms with Gasteiger partial charge in [-0.25, -0.2) is 0 Å². The third kappa shape index (κ3) is 14.6. The van der Waals surface area contributed by atoms with Crippen molar-refractivity contribution in [1.82, 2.24) is 0 Å². The molecule has 1 atom stereocenters. The van der Waals surface area contributed by atoms with Crippen LogP contribution in [-0.4, -0.2) is 53.1 Å². The Labute approximate surface area is 270 Å². The van der Waals surface area contributed by atoms with E-state index >= 15 is 0 Å². The first-order chi connectivity index (χ1) is 22.0. The molecule has 2 aromatic rings. The molecule has 0 saturated heterocycles. The number of hydrogen-bond donors (Lipinski definition) is 2. The minimum atomic E-state index is -0.0958. The molecular formula is C39H54O6. The molecule has 3 saturated carbocycles. The average molecular weight is 619 g/mol. The molecule has 6 rings (SSSR count). The van der Waals surface area contributed by atoms with Gasteiger partial charge in [0, 0.05) is 18.8 Å². The number of carbonyl (C=O) groups is 1. The molecule has 246 valence electrons. The van der Waals surface area contributed by atoms with Crippen molar-refractivity contribution in [3.05, 3.63) is 96.1 Å². The van der Waals surface area contributed by atoms with E-state index < -0.39 is 0 Å². The summed E-state index contributed by atoms with van der Waals surface area (Å²) < 4.78 is 17.4. The Balaban J connectivity index is 0.000000154. The Bertz CT molecular complexity index is 1110. The van der Waals surface area contributed by atoms with Gasteiger partial charge >= 0.3 is 0 Å². The van der Waals surface area contributed by atoms with Crippen molar-refractivity contribution in [2.45, 2.75) is 127 Å². The lowest BCUT2D eigenvalue weighted by molar-refractivity contribution is -0.123. The maximum Gasteiger partial charge on any atom is 0.133 e. The molecule has 6 heteroatoms. The quantitative estimate of drug-likeness (QED) is 0.300. The summed E-state index contributed by atoms with van der Waals surface area (Å²) >= 11 is 0. The van der Waals surface area contributed by atoms with Crippen LogP contribution in [0.2, 0.25) is 0 Å². The van der Waals surface area contributed by atoms with Crippen LogP contribution in [0.5, 0.6) is 0 Å². The average Bonchev–Trinajstić information content (AvgIpc) is 3.09. The Morgan fingerprint density at radius 3 is 1.51 bits per heavy atom. The van der Waals surface area contributed by atoms with Crippen LogP contribution >= 0.6 is 0 Å². The summed E-state index contributed by atoms with van der Waals surface area (Å²) in [5, 5.41) is 18.7. The Kier molecular flexibility index (Phi) is 16.1. The zero-order chi connectivity index (χ0) is 31.5. The van der Waals surface area contributed by atoms with Crippen molar-refractivity contribution in [3.8, 4) is 0 Å². The molecule has 2 N–H and O–H groups in total. The molecule has 0 aromatic heterocycles. The summed E-state index contributed by atoms with van der Waals surface area (Å²) in [6, 6.07) is 20.4. The van der Waals surface area contributed by atoms with Gasteiger partial charge in [-0.2, -0.15) is 0 Å². The van der Waals surface area contributed by atoms with Gasteiger partial charge in [-0.05, 0) is 81.8 Å². The zero-order valence-corrected chi connectivity index (χ0v) is 26.9. The minimum absolute atomic E-state index is 0.0811. The monoisotopic (exact) mass is 618 g/mol. The highest BCUT2D eigenvalue weighted by Gasteiger charge is 2.21. The maximum atomic E-state index is 11.0. The van der Waals surface area contributed by atoms with Crippen LogP contribution in [0.1, 0.15) is 94.6 Å². The molecule has 0 aliphatic heterocycles. The van der Waals surface area contributed by atoms with Crippen molar-refractivity contribution in [1.29, 1.82) is 0 Å². The second-order valence-corrected chi connectivity index (χ2v) is 12.8. The van der Waals surface area contributed by atoms with Crippen LogP contribution in [0.15, 0.2) is 85.0 Å². The van der Waals surface area contributed by atoms with Crippen LogP contribution in [0.3, 0.4) is 0 Å². The molecule has 4 aliphatic rings. The lowest BCUT2D eigenvalue weighted by Crippen LogP contribution is -2.26. The third-order valence-electron chi connectivity index (χ3n) is 9.05. The van der Waals surface area contributed by atoms with E-state index in [-0.39, 0.29) is 18.3 Å². The van der Waals surface area contributed by atoms with E-state index in [1.807, 2.05) is 36.4 Å². The van der Waals surface area contributed by atoms with Gasteiger partial charge in [0.25, 0.3) is 0 Å². The molecular weight excluding hydrogens is 564 g/mol. The summed E-state index contributed by atoms with van der Waals surface area (Å²) in [4.78, 5) is 11.0. The topological polar surface area (TPSA) is 85.2 Å². The minimum Gasteiger partial charge on any atom is -0.393 e. The predicted octanol–water partition coefficient (Wildman–Crippen LogP) is 7.66. The smallest absolute Gasteiger partial charge is 0.133 e. The van der Waals surface area contributed by atoms with Crippen molar-refractivity contribution in [2.75, 3.05) is 6.61 Å². The molecule has 0 bridgehead atoms.